The number of carbonyl (C=O) groups excluding carboxylic acids is 1. The summed E-state index contributed by atoms with van der Waals surface area (Å²) in [4.78, 5) is 20.7. The van der Waals surface area contributed by atoms with Crippen molar-refractivity contribution >= 4 is 46.1 Å². The molecular formula is C22H24Cl2N6O3. The predicted molar refractivity (Wildman–Crippen MR) is 127 cm³/mol. The van der Waals surface area contributed by atoms with Gasteiger partial charge in [0.1, 0.15) is 22.5 Å². The summed E-state index contributed by atoms with van der Waals surface area (Å²) in [6.07, 6.45) is 7.45. The number of carbonyl (C=O) groups is 1. The molecule has 0 aliphatic heterocycles. The van der Waals surface area contributed by atoms with Crippen LogP contribution in [0.5, 0.6) is 11.5 Å². The second-order valence-corrected chi connectivity index (χ2v) is 8.41. The molecule has 1 aromatic carbocycles. The number of amides is 1. The number of hydrogen-bond acceptors (Lipinski definition) is 7. The highest BCUT2D eigenvalue weighted by molar-refractivity contribution is 6.37. The Morgan fingerprint density at radius 1 is 1.21 bits per heavy atom. The van der Waals surface area contributed by atoms with E-state index < -0.39 is 0 Å². The average Bonchev–Trinajstić information content (AvgIpc) is 3.43. The molecule has 1 fully saturated rings. The number of anilines is 1. The number of rotatable bonds is 8. The molecule has 9 nitrogen and oxygen atoms in total. The number of ether oxygens (including phenoxy) is 2. The SMILES string of the molecule is C=CC(=O)NC1CCCC1Nc1ncc2c(cnn2Cc2c(Cl)c(OC)cc(OC)c2Cl)n1. The summed E-state index contributed by atoms with van der Waals surface area (Å²) in [5.74, 6) is 1.22. The van der Waals surface area contributed by atoms with Crippen molar-refractivity contribution in [2.75, 3.05) is 19.5 Å². The molecule has 1 amide bonds. The van der Waals surface area contributed by atoms with Crippen LogP contribution in [0.3, 0.4) is 0 Å². The van der Waals surface area contributed by atoms with Crippen LogP contribution >= 0.6 is 23.2 Å². The zero-order valence-electron chi connectivity index (χ0n) is 18.3. The molecule has 2 unspecified atom stereocenters. The van der Waals surface area contributed by atoms with Crippen molar-refractivity contribution in [3.05, 3.63) is 46.7 Å². The van der Waals surface area contributed by atoms with Gasteiger partial charge in [-0.15, -0.1) is 0 Å². The summed E-state index contributed by atoms with van der Waals surface area (Å²) < 4.78 is 12.4. The van der Waals surface area contributed by atoms with Gasteiger partial charge in [-0.2, -0.15) is 5.10 Å². The molecule has 2 atom stereocenters. The van der Waals surface area contributed by atoms with Crippen molar-refractivity contribution in [1.29, 1.82) is 0 Å². The number of benzene rings is 1. The van der Waals surface area contributed by atoms with E-state index in [1.165, 1.54) is 20.3 Å². The van der Waals surface area contributed by atoms with E-state index in [0.29, 0.717) is 38.6 Å². The summed E-state index contributed by atoms with van der Waals surface area (Å²) >= 11 is 13.0. The van der Waals surface area contributed by atoms with Crippen LogP contribution in [0.4, 0.5) is 5.95 Å². The Balaban J connectivity index is 1.57. The van der Waals surface area contributed by atoms with Crippen molar-refractivity contribution < 1.29 is 14.3 Å². The molecule has 4 rings (SSSR count). The van der Waals surface area contributed by atoms with Gasteiger partial charge in [0.2, 0.25) is 11.9 Å². The first-order valence-corrected chi connectivity index (χ1v) is 11.2. The maximum Gasteiger partial charge on any atom is 0.243 e. The van der Waals surface area contributed by atoms with Gasteiger partial charge in [-0.25, -0.2) is 9.97 Å². The van der Waals surface area contributed by atoms with Gasteiger partial charge in [0.15, 0.2) is 0 Å². The molecule has 3 aromatic rings. The molecule has 0 saturated heterocycles. The highest BCUT2D eigenvalue weighted by Crippen LogP contribution is 2.40. The molecule has 0 bridgehead atoms. The number of methoxy groups -OCH3 is 2. The largest absolute Gasteiger partial charge is 0.495 e. The Hall–Kier alpha value is -3.04. The van der Waals surface area contributed by atoms with Gasteiger partial charge < -0.3 is 20.1 Å². The fraction of sp³-hybridized carbons (Fsp3) is 0.364. The smallest absolute Gasteiger partial charge is 0.243 e. The minimum Gasteiger partial charge on any atom is -0.495 e. The fourth-order valence-electron chi connectivity index (χ4n) is 4.00. The van der Waals surface area contributed by atoms with Crippen LogP contribution in [0.1, 0.15) is 24.8 Å². The first kappa shape index (κ1) is 23.1. The van der Waals surface area contributed by atoms with Crippen LogP contribution in [0.15, 0.2) is 31.1 Å². The number of nitrogens with zero attached hydrogens (tertiary/aromatic N) is 4. The van der Waals surface area contributed by atoms with Crippen LogP contribution in [-0.2, 0) is 11.3 Å². The zero-order chi connectivity index (χ0) is 23.5. The van der Waals surface area contributed by atoms with E-state index in [2.05, 4.69) is 32.3 Å². The van der Waals surface area contributed by atoms with E-state index in [1.807, 2.05) is 0 Å². The van der Waals surface area contributed by atoms with Gasteiger partial charge in [0.05, 0.1) is 43.2 Å². The molecule has 11 heteroatoms. The number of aromatic nitrogens is 4. The molecule has 0 radical (unpaired) electrons. The van der Waals surface area contributed by atoms with Gasteiger partial charge in [-0.1, -0.05) is 29.8 Å². The third-order valence-electron chi connectivity index (χ3n) is 5.71. The van der Waals surface area contributed by atoms with E-state index in [0.717, 1.165) is 24.8 Å². The summed E-state index contributed by atoms with van der Waals surface area (Å²) in [5.41, 5.74) is 2.00. The number of nitrogens with one attached hydrogen (secondary N) is 2. The fourth-order valence-corrected chi connectivity index (χ4v) is 4.62. The van der Waals surface area contributed by atoms with Crippen molar-refractivity contribution in [2.24, 2.45) is 0 Å². The maximum absolute atomic E-state index is 11.7. The molecule has 33 heavy (non-hydrogen) atoms. The lowest BCUT2D eigenvalue weighted by Gasteiger charge is -2.21. The van der Waals surface area contributed by atoms with Gasteiger partial charge in [-0.05, 0) is 25.3 Å². The van der Waals surface area contributed by atoms with E-state index in [4.69, 9.17) is 32.7 Å². The van der Waals surface area contributed by atoms with Gasteiger partial charge >= 0.3 is 0 Å². The molecular weight excluding hydrogens is 467 g/mol. The van der Waals surface area contributed by atoms with Crippen LogP contribution in [0.25, 0.3) is 11.0 Å². The molecule has 174 valence electrons. The standard InChI is InChI=1S/C22H24Cl2N6O3/c1-4-19(31)27-13-6-5-7-14(13)28-22-25-10-16-15(29-22)9-26-30(16)11-12-20(23)17(32-2)8-18(33-3)21(12)24/h4,8-10,13-14H,1,5-7,11H2,2-3H3,(H,27,31)(H,25,28,29). The lowest BCUT2D eigenvalue weighted by Crippen LogP contribution is -2.42. The molecule has 1 aliphatic rings. The third kappa shape index (κ3) is 4.69. The first-order chi connectivity index (χ1) is 15.9. The Labute approximate surface area is 201 Å². The van der Waals surface area contributed by atoms with Crippen molar-refractivity contribution in [1.82, 2.24) is 25.1 Å². The number of hydrogen-bond donors (Lipinski definition) is 2. The molecule has 2 heterocycles. The third-order valence-corrected chi connectivity index (χ3v) is 6.54. The minimum absolute atomic E-state index is 0.00449. The summed E-state index contributed by atoms with van der Waals surface area (Å²) in [6.45, 7) is 3.79. The highest BCUT2D eigenvalue weighted by Gasteiger charge is 2.28. The Kier molecular flexibility index (Phi) is 6.90. The van der Waals surface area contributed by atoms with Crippen LogP contribution in [0.2, 0.25) is 10.0 Å². The molecule has 1 aliphatic carbocycles. The Morgan fingerprint density at radius 3 is 2.58 bits per heavy atom. The lowest BCUT2D eigenvalue weighted by atomic mass is 10.1. The average molecular weight is 491 g/mol. The molecule has 1 saturated carbocycles. The maximum atomic E-state index is 11.7. The summed E-state index contributed by atoms with van der Waals surface area (Å²) in [5, 5.41) is 11.5. The second-order valence-electron chi connectivity index (χ2n) is 7.65. The van der Waals surface area contributed by atoms with Gasteiger partial charge in [-0.3, -0.25) is 9.48 Å². The zero-order valence-corrected chi connectivity index (χ0v) is 19.8. The van der Waals surface area contributed by atoms with Crippen molar-refractivity contribution in [3.63, 3.8) is 0 Å². The van der Waals surface area contributed by atoms with Crippen molar-refractivity contribution in [3.8, 4) is 11.5 Å². The first-order valence-electron chi connectivity index (χ1n) is 10.4. The van der Waals surface area contributed by atoms with Crippen LogP contribution in [-0.4, -0.2) is 52.0 Å². The summed E-state index contributed by atoms with van der Waals surface area (Å²) in [7, 11) is 3.06. The van der Waals surface area contributed by atoms with E-state index in [-0.39, 0.29) is 24.5 Å². The summed E-state index contributed by atoms with van der Waals surface area (Å²) in [6, 6.07) is 1.69. The Bertz CT molecular complexity index is 1170. The highest BCUT2D eigenvalue weighted by atomic mass is 35.5. The van der Waals surface area contributed by atoms with Gasteiger partial charge in [0.25, 0.3) is 0 Å². The number of fused-ring (bicyclic) bond motifs is 1. The Morgan fingerprint density at radius 2 is 1.91 bits per heavy atom. The monoisotopic (exact) mass is 490 g/mol. The van der Waals surface area contributed by atoms with E-state index >= 15 is 0 Å². The second kappa shape index (κ2) is 9.84. The quantitative estimate of drug-likeness (QED) is 0.462. The topological polar surface area (TPSA) is 103 Å². The normalized spacial score (nSPS) is 17.7. The van der Waals surface area contributed by atoms with Crippen molar-refractivity contribution in [2.45, 2.75) is 37.9 Å². The predicted octanol–water partition coefficient (Wildman–Crippen LogP) is 3.83. The van der Waals surface area contributed by atoms with Crippen LogP contribution < -0.4 is 20.1 Å². The van der Waals surface area contributed by atoms with Crippen LogP contribution in [0, 0.1) is 0 Å². The van der Waals surface area contributed by atoms with E-state index in [9.17, 15) is 4.79 Å². The molecule has 0 spiro atoms. The molecule has 2 N–H and O–H groups in total. The van der Waals surface area contributed by atoms with E-state index in [1.54, 1.807) is 23.1 Å². The molecule has 2 aromatic heterocycles. The lowest BCUT2D eigenvalue weighted by molar-refractivity contribution is -0.117. The number of halogens is 2. The minimum atomic E-state index is -0.183. The van der Waals surface area contributed by atoms with Gasteiger partial charge in [0, 0.05) is 23.7 Å².